The Hall–Kier alpha value is -7.24. The summed E-state index contributed by atoms with van der Waals surface area (Å²) in [5.41, 5.74) is 14.9. The van der Waals surface area contributed by atoms with Crippen molar-refractivity contribution >= 4 is 58.4 Å². The van der Waals surface area contributed by atoms with Crippen LogP contribution in [-0.2, 0) is 43.8 Å². The van der Waals surface area contributed by atoms with Crippen LogP contribution in [0.1, 0.15) is 203 Å². The largest absolute Gasteiger partial charge is 0.467 e. The van der Waals surface area contributed by atoms with Gasteiger partial charge in [-0.2, -0.15) is 11.8 Å². The molecule has 0 aromatic heterocycles. The van der Waals surface area contributed by atoms with Crippen molar-refractivity contribution in [2.75, 3.05) is 44.1 Å². The highest BCUT2D eigenvalue weighted by molar-refractivity contribution is 8.13. The molecule has 6 N–H and O–H groups in total. The Balaban J connectivity index is 1.25. The van der Waals surface area contributed by atoms with Crippen molar-refractivity contribution in [3.63, 3.8) is 0 Å². The quantitative estimate of drug-likeness (QED) is 0.0107. The van der Waals surface area contributed by atoms with Gasteiger partial charge in [0, 0.05) is 29.6 Å². The van der Waals surface area contributed by atoms with Crippen LogP contribution >= 0.6 is 23.5 Å². The minimum absolute atomic E-state index is 0.0462. The lowest BCUT2D eigenvalue weighted by Crippen LogP contribution is -2.59. The zero-order valence-electron chi connectivity index (χ0n) is 58.6. The number of amides is 4. The molecule has 0 unspecified atom stereocenters. The number of fused-ring (bicyclic) bond motifs is 3. The minimum atomic E-state index is -1.50. The van der Waals surface area contributed by atoms with Crippen LogP contribution in [0.5, 0.6) is 0 Å². The van der Waals surface area contributed by atoms with E-state index < -0.39 is 66.2 Å². The molecular weight excluding hydrogens is 1250 g/mol. The Morgan fingerprint density at radius 2 is 0.990 bits per heavy atom. The van der Waals surface area contributed by atoms with Crippen molar-refractivity contribution in [3.8, 4) is 11.1 Å². The molecule has 0 radical (unpaired) electrons. The molecule has 0 saturated carbocycles. The van der Waals surface area contributed by atoms with E-state index in [0.29, 0.717) is 31.6 Å². The molecule has 4 atom stereocenters. The van der Waals surface area contributed by atoms with E-state index in [0.717, 1.165) is 95.7 Å². The fraction of sp³-hybridized carbons (Fsp3) is 0.481. The summed E-state index contributed by atoms with van der Waals surface area (Å²) in [5.74, 6) is -2.52. The molecule has 0 saturated heterocycles. The molecule has 16 heteroatoms. The Morgan fingerprint density at radius 1 is 0.515 bits per heavy atom. The van der Waals surface area contributed by atoms with Gasteiger partial charge >= 0.3 is 12.1 Å². The lowest BCUT2D eigenvalue weighted by molar-refractivity contribution is -0.144. The van der Waals surface area contributed by atoms with Crippen LogP contribution in [-0.4, -0.2) is 103 Å². The normalized spacial score (nSPS) is 13.5. The van der Waals surface area contributed by atoms with Gasteiger partial charge in [-0.3, -0.25) is 19.2 Å². The fourth-order valence-corrected chi connectivity index (χ4v) is 14.1. The topological polar surface area (TPSA) is 204 Å². The number of carbonyl (C=O) groups is 6. The standard InChI is InChI=1S/C81H109N5O9S2/c1-7-8-9-10-11-12-13-14-15-16-17-18-28-52-75(87)97-59-73(78(90)83-71(51-33-34-54-82)76(88)85-74(79(91)93-6)58-96-55-53-62(5)40-36-39-61(4)38-35-37-60(2)3)84-77(89)72(86-80(92)94-56-70-68-49-31-29-47-66(68)67-48-30-32-50-69(67)70)57-95-81(63-41-22-19-23-42-63,64-43-24-20-25-44-64)65-45-26-21-27-46-65/h19-27,29-32,37,39,41-50,53,70-74H,7-18,28,33-36,38,40,51-52,54-59,82H2,1-6H3,(H,83,90)(H,84,89)(H,85,88)(H,86,92)/b61-39+,62-53+/t71-,72-,73-,74-/m0/s1. The number of thioether (sulfide) groups is 2. The first kappa shape index (κ1) is 78.8. The Bertz CT molecular complexity index is 3140. The number of hydrogen-bond acceptors (Lipinski definition) is 12. The van der Waals surface area contributed by atoms with E-state index in [1.54, 1.807) is 0 Å². The molecule has 0 bridgehead atoms. The van der Waals surface area contributed by atoms with Crippen molar-refractivity contribution in [1.29, 1.82) is 0 Å². The SMILES string of the molecule is CCCCCCCCCCCCCCCC(=O)SC[C@H](NC(=O)[C@H](COC(c1ccccc1)(c1ccccc1)c1ccccc1)NC(=O)OCC1c2ccccc2-c2ccccc21)C(=O)N[C@@H](CCCCN)C(=O)N[C@@H](CSC/C=C(\C)CC/C=C(\C)CCC=C(C)C)C(=O)OC. The summed E-state index contributed by atoms with van der Waals surface area (Å²) in [7, 11) is 1.27. The molecule has 0 heterocycles. The number of benzene rings is 5. The Kier molecular flexibility index (Phi) is 36.2. The van der Waals surface area contributed by atoms with E-state index in [9.17, 15) is 19.2 Å². The van der Waals surface area contributed by atoms with Gasteiger partial charge in [0.25, 0.3) is 0 Å². The molecule has 1 aliphatic carbocycles. The van der Waals surface area contributed by atoms with Crippen molar-refractivity contribution in [3.05, 3.63) is 202 Å². The van der Waals surface area contributed by atoms with Crippen LogP contribution in [0.3, 0.4) is 0 Å². The number of methoxy groups -OCH3 is 1. The number of allylic oxidation sites excluding steroid dienone is 5. The van der Waals surface area contributed by atoms with E-state index in [-0.39, 0.29) is 42.0 Å². The second kappa shape index (κ2) is 44.6. The molecule has 4 amide bonds. The molecular formula is C81H109N5O9S2. The molecule has 5 aromatic rings. The second-order valence-corrected chi connectivity index (χ2v) is 27.9. The zero-order chi connectivity index (χ0) is 69.5. The summed E-state index contributed by atoms with van der Waals surface area (Å²) in [5, 5.41) is 11.4. The first-order valence-corrected chi connectivity index (χ1v) is 37.6. The predicted molar refractivity (Wildman–Crippen MR) is 398 cm³/mol. The van der Waals surface area contributed by atoms with Crippen LogP contribution in [0.4, 0.5) is 4.79 Å². The maximum atomic E-state index is 15.5. The van der Waals surface area contributed by atoms with Crippen molar-refractivity contribution in [2.24, 2.45) is 5.73 Å². The van der Waals surface area contributed by atoms with Crippen molar-refractivity contribution in [1.82, 2.24) is 21.3 Å². The highest BCUT2D eigenvalue weighted by atomic mass is 32.2. The lowest BCUT2D eigenvalue weighted by Gasteiger charge is -2.37. The minimum Gasteiger partial charge on any atom is -0.467 e. The van der Waals surface area contributed by atoms with E-state index in [1.165, 1.54) is 93.4 Å². The zero-order valence-corrected chi connectivity index (χ0v) is 60.2. The average Bonchev–Trinajstić information content (AvgIpc) is 1.41. The molecule has 524 valence electrons. The van der Waals surface area contributed by atoms with Gasteiger partial charge in [0.05, 0.1) is 13.7 Å². The molecule has 0 fully saturated rings. The Morgan fingerprint density at radius 3 is 1.53 bits per heavy atom. The summed E-state index contributed by atoms with van der Waals surface area (Å²) in [6.45, 7) is 10.6. The number of alkyl carbamates (subject to hydrolysis) is 1. The summed E-state index contributed by atoms with van der Waals surface area (Å²) >= 11 is 2.41. The van der Waals surface area contributed by atoms with Gasteiger partial charge in [0.1, 0.15) is 36.4 Å². The number of hydrogen-bond donors (Lipinski definition) is 5. The van der Waals surface area contributed by atoms with Crippen LogP contribution in [0.2, 0.25) is 0 Å². The third kappa shape index (κ3) is 26.8. The molecule has 14 nitrogen and oxygen atoms in total. The smallest absolute Gasteiger partial charge is 0.407 e. The summed E-state index contributed by atoms with van der Waals surface area (Å²) in [4.78, 5) is 86.9. The van der Waals surface area contributed by atoms with Crippen LogP contribution < -0.4 is 27.0 Å². The number of unbranched alkanes of at least 4 members (excludes halogenated alkanes) is 13. The van der Waals surface area contributed by atoms with Gasteiger partial charge in [0.15, 0.2) is 5.12 Å². The number of rotatable bonds is 46. The third-order valence-electron chi connectivity index (χ3n) is 17.8. The summed E-state index contributed by atoms with van der Waals surface area (Å²) in [6.07, 6.45) is 26.2. The van der Waals surface area contributed by atoms with Gasteiger partial charge in [-0.1, -0.05) is 270 Å². The second-order valence-electron chi connectivity index (χ2n) is 25.8. The molecule has 1 aliphatic rings. The van der Waals surface area contributed by atoms with E-state index >= 15 is 9.59 Å². The Labute approximate surface area is 587 Å². The maximum Gasteiger partial charge on any atom is 0.407 e. The lowest BCUT2D eigenvalue weighted by atomic mass is 9.80. The maximum absolute atomic E-state index is 15.5. The predicted octanol–water partition coefficient (Wildman–Crippen LogP) is 16.6. The van der Waals surface area contributed by atoms with Gasteiger partial charge in [-0.25, -0.2) is 9.59 Å². The molecule has 97 heavy (non-hydrogen) atoms. The van der Waals surface area contributed by atoms with Gasteiger partial charge < -0.3 is 41.2 Å². The van der Waals surface area contributed by atoms with Crippen molar-refractivity contribution in [2.45, 2.75) is 205 Å². The number of nitrogens with one attached hydrogen (secondary N) is 4. The van der Waals surface area contributed by atoms with Gasteiger partial charge in [-0.15, -0.1) is 0 Å². The van der Waals surface area contributed by atoms with Crippen molar-refractivity contribution < 1.29 is 43.0 Å². The molecule has 5 aromatic carbocycles. The summed E-state index contributed by atoms with van der Waals surface area (Å²) < 4.78 is 18.5. The third-order valence-corrected chi connectivity index (χ3v) is 19.8. The molecule has 0 aliphatic heterocycles. The number of nitrogens with two attached hydrogens (primary N) is 1. The fourth-order valence-electron chi connectivity index (χ4n) is 12.3. The van der Waals surface area contributed by atoms with E-state index in [4.69, 9.17) is 19.9 Å². The first-order valence-electron chi connectivity index (χ1n) is 35.5. The summed E-state index contributed by atoms with van der Waals surface area (Å²) in [6, 6.07) is 39.7. The van der Waals surface area contributed by atoms with Crippen LogP contribution in [0.15, 0.2) is 174 Å². The molecule has 6 rings (SSSR count). The molecule has 0 spiro atoms. The number of esters is 1. The van der Waals surface area contributed by atoms with Gasteiger partial charge in [0.2, 0.25) is 17.7 Å². The van der Waals surface area contributed by atoms with E-state index in [1.807, 2.05) is 140 Å². The number of carbonyl (C=O) groups excluding carboxylic acids is 6. The van der Waals surface area contributed by atoms with Crippen LogP contribution in [0.25, 0.3) is 11.1 Å². The van der Waals surface area contributed by atoms with Crippen LogP contribution in [0, 0.1) is 0 Å². The van der Waals surface area contributed by atoms with Gasteiger partial charge in [-0.05, 0) is 125 Å². The first-order chi connectivity index (χ1) is 47.2. The highest BCUT2D eigenvalue weighted by Crippen LogP contribution is 2.45. The highest BCUT2D eigenvalue weighted by Gasteiger charge is 2.41. The monoisotopic (exact) mass is 1360 g/mol. The average molecular weight is 1360 g/mol. The van der Waals surface area contributed by atoms with E-state index in [2.05, 4.69) is 74.1 Å². The number of ether oxygens (including phenoxy) is 3.